The van der Waals surface area contributed by atoms with Gasteiger partial charge in [-0.15, -0.1) is 0 Å². The maximum absolute atomic E-state index is 12.5. The highest BCUT2D eigenvalue weighted by Gasteiger charge is 2.12. The molecule has 53 heavy (non-hydrogen) atoms. The molecule has 0 aromatic heterocycles. The van der Waals surface area contributed by atoms with Crippen molar-refractivity contribution in [3.05, 3.63) is 119 Å². The number of methoxy groups -OCH3 is 4. The Labute approximate surface area is 305 Å². The van der Waals surface area contributed by atoms with Gasteiger partial charge >= 0.3 is 11.9 Å². The molecule has 0 saturated carbocycles. The third-order valence-electron chi connectivity index (χ3n) is 7.30. The zero-order chi connectivity index (χ0) is 38.3. The van der Waals surface area contributed by atoms with Crippen LogP contribution in [0.15, 0.2) is 97.1 Å². The number of carbonyl (C=O) groups excluding carboxylic acids is 4. The second-order valence-corrected chi connectivity index (χ2v) is 11.0. The fourth-order valence-corrected chi connectivity index (χ4v) is 4.65. The molecular formula is C41H36O12. The van der Waals surface area contributed by atoms with E-state index in [1.807, 2.05) is 0 Å². The first-order valence-corrected chi connectivity index (χ1v) is 15.8. The van der Waals surface area contributed by atoms with Crippen LogP contribution in [-0.2, 0) is 19.2 Å². The average Bonchev–Trinajstić information content (AvgIpc) is 3.15. The highest BCUT2D eigenvalue weighted by Crippen LogP contribution is 2.31. The lowest BCUT2D eigenvalue weighted by molar-refractivity contribution is -0.129. The number of allylic oxidation sites excluding steroid dienone is 2. The molecule has 0 aliphatic carbocycles. The van der Waals surface area contributed by atoms with Crippen molar-refractivity contribution < 1.29 is 57.8 Å². The molecule has 0 amide bonds. The van der Waals surface area contributed by atoms with Gasteiger partial charge in [-0.25, -0.2) is 9.59 Å². The molecule has 12 heteroatoms. The van der Waals surface area contributed by atoms with Gasteiger partial charge in [0.15, 0.2) is 57.6 Å². The van der Waals surface area contributed by atoms with E-state index in [-0.39, 0.29) is 40.9 Å². The Bertz CT molecular complexity index is 1960. The van der Waals surface area contributed by atoms with Gasteiger partial charge in [0.2, 0.25) is 0 Å². The van der Waals surface area contributed by atoms with Crippen molar-refractivity contribution in [2.75, 3.05) is 28.4 Å². The second-order valence-electron chi connectivity index (χ2n) is 11.0. The molecule has 0 spiro atoms. The monoisotopic (exact) mass is 720 g/mol. The lowest BCUT2D eigenvalue weighted by Gasteiger charge is -2.09. The van der Waals surface area contributed by atoms with Crippen LogP contribution < -0.4 is 28.4 Å². The molecular weight excluding hydrogens is 684 g/mol. The maximum atomic E-state index is 12.5. The van der Waals surface area contributed by atoms with Crippen molar-refractivity contribution in [3.8, 4) is 46.0 Å². The summed E-state index contributed by atoms with van der Waals surface area (Å²) in [4.78, 5) is 49.8. The number of phenolic OH excluding ortho intramolecular Hbond substituents is 2. The molecule has 4 aromatic rings. The Kier molecular flexibility index (Phi) is 13.7. The standard InChI is InChI=1S/C41H36O12/c1-48-34-15-7-26(21-32(34)44)11-19-40(46)52-36-17-9-28(23-38(36)50-3)5-13-30(42)25-31(43)14-6-29-10-18-37(39(24-29)51-4)53-41(47)20-12-27-8-16-35(49-2)33(45)22-27/h5-24,44-45H,25H2,1-4H3/b13-5+,14-6+,19-11+,20-12+. The molecule has 0 atom stereocenters. The zero-order valence-electron chi connectivity index (χ0n) is 29.2. The predicted molar refractivity (Wildman–Crippen MR) is 197 cm³/mol. The number of hydrogen-bond donors (Lipinski definition) is 2. The Morgan fingerprint density at radius 3 is 1.11 bits per heavy atom. The van der Waals surface area contributed by atoms with Crippen molar-refractivity contribution >= 4 is 47.8 Å². The maximum Gasteiger partial charge on any atom is 0.336 e. The Balaban J connectivity index is 1.29. The van der Waals surface area contributed by atoms with Gasteiger partial charge < -0.3 is 38.6 Å². The number of rotatable bonds is 16. The van der Waals surface area contributed by atoms with E-state index in [0.29, 0.717) is 33.8 Å². The van der Waals surface area contributed by atoms with Crippen LogP contribution in [0.2, 0.25) is 0 Å². The Morgan fingerprint density at radius 1 is 0.453 bits per heavy atom. The van der Waals surface area contributed by atoms with Gasteiger partial charge in [-0.1, -0.05) is 36.4 Å². The summed E-state index contributed by atoms with van der Waals surface area (Å²) >= 11 is 0. The van der Waals surface area contributed by atoms with Gasteiger partial charge in [-0.3, -0.25) is 9.59 Å². The summed E-state index contributed by atoms with van der Waals surface area (Å²) in [5.74, 6) is -1.01. The number of ketones is 2. The van der Waals surface area contributed by atoms with E-state index in [1.54, 1.807) is 48.5 Å². The minimum Gasteiger partial charge on any atom is -0.504 e. The Hall–Kier alpha value is -7.08. The van der Waals surface area contributed by atoms with E-state index in [0.717, 1.165) is 0 Å². The fourth-order valence-electron chi connectivity index (χ4n) is 4.65. The number of ether oxygens (including phenoxy) is 6. The molecule has 4 rings (SSSR count). The van der Waals surface area contributed by atoms with Gasteiger partial charge in [0.25, 0.3) is 0 Å². The van der Waals surface area contributed by atoms with E-state index in [9.17, 15) is 29.4 Å². The number of esters is 2. The quantitative estimate of drug-likeness (QED) is 0.0551. The minimum atomic E-state index is -0.682. The third-order valence-corrected chi connectivity index (χ3v) is 7.30. The van der Waals surface area contributed by atoms with Gasteiger partial charge in [0.1, 0.15) is 0 Å². The molecule has 0 aliphatic rings. The number of aromatic hydroxyl groups is 2. The molecule has 0 aliphatic heterocycles. The highest BCUT2D eigenvalue weighted by atomic mass is 16.6. The molecule has 0 saturated heterocycles. The van der Waals surface area contributed by atoms with Crippen LogP contribution >= 0.6 is 0 Å². The first kappa shape index (κ1) is 38.7. The molecule has 0 unspecified atom stereocenters. The smallest absolute Gasteiger partial charge is 0.336 e. The topological polar surface area (TPSA) is 164 Å². The van der Waals surface area contributed by atoms with Crippen LogP contribution in [0.3, 0.4) is 0 Å². The molecule has 0 heterocycles. The molecule has 0 radical (unpaired) electrons. The van der Waals surface area contributed by atoms with Crippen molar-refractivity contribution in [1.82, 2.24) is 0 Å². The zero-order valence-corrected chi connectivity index (χ0v) is 29.2. The van der Waals surface area contributed by atoms with Crippen molar-refractivity contribution in [3.63, 3.8) is 0 Å². The highest BCUT2D eigenvalue weighted by molar-refractivity contribution is 6.11. The van der Waals surface area contributed by atoms with Gasteiger partial charge in [-0.2, -0.15) is 0 Å². The van der Waals surface area contributed by atoms with Crippen LogP contribution in [0.5, 0.6) is 46.0 Å². The summed E-state index contributed by atoms with van der Waals surface area (Å²) in [6.45, 7) is 0. The largest absolute Gasteiger partial charge is 0.504 e. The summed E-state index contributed by atoms with van der Waals surface area (Å²) in [5, 5.41) is 19.8. The molecule has 0 fully saturated rings. The first-order valence-electron chi connectivity index (χ1n) is 15.8. The van der Waals surface area contributed by atoms with E-state index in [2.05, 4.69) is 0 Å². The van der Waals surface area contributed by atoms with Crippen molar-refractivity contribution in [1.29, 1.82) is 0 Å². The molecule has 2 N–H and O–H groups in total. The third kappa shape index (κ3) is 11.5. The van der Waals surface area contributed by atoms with E-state index >= 15 is 0 Å². The van der Waals surface area contributed by atoms with Gasteiger partial charge in [-0.05, 0) is 95.1 Å². The summed E-state index contributed by atoms with van der Waals surface area (Å²) < 4.78 is 31.4. The fraction of sp³-hybridized carbons (Fsp3) is 0.122. The normalized spacial score (nSPS) is 11.2. The lowest BCUT2D eigenvalue weighted by Crippen LogP contribution is -2.05. The Morgan fingerprint density at radius 2 is 0.774 bits per heavy atom. The van der Waals surface area contributed by atoms with Crippen LogP contribution in [0.1, 0.15) is 28.7 Å². The summed E-state index contributed by atoms with van der Waals surface area (Å²) in [7, 11) is 5.67. The average molecular weight is 721 g/mol. The van der Waals surface area contributed by atoms with Gasteiger partial charge in [0, 0.05) is 12.2 Å². The predicted octanol–water partition coefficient (Wildman–Crippen LogP) is 6.62. The minimum absolute atomic E-state index is 0.0708. The molecule has 0 bridgehead atoms. The van der Waals surface area contributed by atoms with E-state index in [4.69, 9.17) is 28.4 Å². The second kappa shape index (κ2) is 18.8. The first-order chi connectivity index (χ1) is 25.5. The van der Waals surface area contributed by atoms with Crippen LogP contribution in [0.4, 0.5) is 0 Å². The summed E-state index contributed by atoms with van der Waals surface area (Å²) in [6.07, 6.45) is 10.5. The van der Waals surface area contributed by atoms with Gasteiger partial charge in [0.05, 0.1) is 34.9 Å². The number of benzene rings is 4. The van der Waals surface area contributed by atoms with Crippen LogP contribution in [0.25, 0.3) is 24.3 Å². The van der Waals surface area contributed by atoms with Crippen molar-refractivity contribution in [2.24, 2.45) is 0 Å². The molecule has 4 aromatic carbocycles. The SMILES string of the molecule is COc1ccc(/C=C/C(=O)Oc2ccc(/C=C/C(=O)CC(=O)/C=C/c3ccc(OC(=O)/C=C/c4ccc(OC)c(O)c4)c(OC)c3)cc2OC)cc1O. The lowest BCUT2D eigenvalue weighted by atomic mass is 10.1. The van der Waals surface area contributed by atoms with Crippen LogP contribution in [0, 0.1) is 0 Å². The number of hydrogen-bond acceptors (Lipinski definition) is 12. The molecule has 272 valence electrons. The number of phenols is 2. The summed E-state index contributed by atoms with van der Waals surface area (Å²) in [6, 6.07) is 18.7. The number of carbonyl (C=O) groups is 4. The molecule has 12 nitrogen and oxygen atoms in total. The summed E-state index contributed by atoms with van der Waals surface area (Å²) in [5.41, 5.74) is 2.23. The van der Waals surface area contributed by atoms with E-state index < -0.39 is 23.5 Å². The van der Waals surface area contributed by atoms with Crippen molar-refractivity contribution in [2.45, 2.75) is 6.42 Å². The van der Waals surface area contributed by atoms with Crippen LogP contribution in [-0.4, -0.2) is 62.2 Å². The van der Waals surface area contributed by atoms with E-state index in [1.165, 1.54) is 101 Å².